The summed E-state index contributed by atoms with van der Waals surface area (Å²) in [7, 11) is 0. The maximum Gasteiger partial charge on any atom is 0.262 e. The van der Waals surface area contributed by atoms with E-state index in [1.807, 2.05) is 83.5 Å². The predicted molar refractivity (Wildman–Crippen MR) is 102 cm³/mol. The van der Waals surface area contributed by atoms with Crippen molar-refractivity contribution in [3.8, 4) is 28.2 Å². The van der Waals surface area contributed by atoms with E-state index in [0.29, 0.717) is 5.71 Å². The van der Waals surface area contributed by atoms with E-state index in [0.717, 1.165) is 33.6 Å². The lowest BCUT2D eigenvalue weighted by Gasteiger charge is -2.01. The van der Waals surface area contributed by atoms with Crippen LogP contribution in [0.25, 0.3) is 39.3 Å². The molecule has 26 heavy (non-hydrogen) atoms. The normalized spacial score (nSPS) is 11.1. The number of aromatic nitrogens is 3. The third kappa shape index (κ3) is 2.31. The summed E-state index contributed by atoms with van der Waals surface area (Å²) in [6.07, 6.45) is 0. The van der Waals surface area contributed by atoms with E-state index in [2.05, 4.69) is 17.3 Å². The van der Waals surface area contributed by atoms with Gasteiger partial charge in [-0.3, -0.25) is 0 Å². The summed E-state index contributed by atoms with van der Waals surface area (Å²) in [6, 6.07) is 30.2. The Morgan fingerprint density at radius 2 is 1.15 bits per heavy atom. The van der Waals surface area contributed by atoms with Crippen molar-refractivity contribution in [3.63, 3.8) is 0 Å². The minimum atomic E-state index is 0.647. The molecule has 0 fully saturated rings. The molecule has 0 amide bonds. The average molecular weight is 337 g/mol. The van der Waals surface area contributed by atoms with E-state index >= 15 is 0 Å². The molecular formula is C22H15N3O. The van der Waals surface area contributed by atoms with Crippen LogP contribution in [0.1, 0.15) is 0 Å². The molecule has 124 valence electrons. The molecule has 0 radical (unpaired) electrons. The third-order valence-electron chi connectivity index (χ3n) is 4.40. The van der Waals surface area contributed by atoms with Crippen molar-refractivity contribution in [1.82, 2.24) is 14.9 Å². The molecule has 3 aromatic carbocycles. The van der Waals surface area contributed by atoms with Crippen molar-refractivity contribution < 1.29 is 4.52 Å². The Bertz CT molecular complexity index is 1120. The van der Waals surface area contributed by atoms with Gasteiger partial charge < -0.3 is 4.52 Å². The largest absolute Gasteiger partial charge is 0.335 e. The summed E-state index contributed by atoms with van der Waals surface area (Å²) >= 11 is 0. The molecule has 2 aromatic heterocycles. The second-order valence-corrected chi connectivity index (χ2v) is 6.04. The smallest absolute Gasteiger partial charge is 0.262 e. The number of fused-ring (bicyclic) bond motifs is 1. The molecule has 0 saturated carbocycles. The Hall–Kier alpha value is -3.66. The summed E-state index contributed by atoms with van der Waals surface area (Å²) < 4.78 is 7.56. The van der Waals surface area contributed by atoms with Crippen molar-refractivity contribution >= 4 is 11.1 Å². The molecule has 0 saturated heterocycles. The Morgan fingerprint density at radius 3 is 1.77 bits per heavy atom. The van der Waals surface area contributed by atoms with Crippen LogP contribution < -0.4 is 0 Å². The van der Waals surface area contributed by atoms with Crippen molar-refractivity contribution in [2.75, 3.05) is 0 Å². The van der Waals surface area contributed by atoms with E-state index < -0.39 is 0 Å². The van der Waals surface area contributed by atoms with Crippen LogP contribution in [-0.4, -0.2) is 14.9 Å². The highest BCUT2D eigenvalue weighted by molar-refractivity contribution is 6.01. The maximum absolute atomic E-state index is 5.74. The maximum atomic E-state index is 5.74. The van der Waals surface area contributed by atoms with Crippen LogP contribution in [0.2, 0.25) is 0 Å². The summed E-state index contributed by atoms with van der Waals surface area (Å²) in [5.41, 5.74) is 5.30. The zero-order valence-corrected chi connectivity index (χ0v) is 13.9. The number of benzene rings is 3. The fourth-order valence-corrected chi connectivity index (χ4v) is 3.17. The van der Waals surface area contributed by atoms with Crippen LogP contribution in [0, 0.1) is 0 Å². The fourth-order valence-electron chi connectivity index (χ4n) is 3.17. The Kier molecular flexibility index (Phi) is 3.39. The van der Waals surface area contributed by atoms with Crippen molar-refractivity contribution in [2.24, 2.45) is 0 Å². The molecule has 0 bridgehead atoms. The van der Waals surface area contributed by atoms with Gasteiger partial charge in [0.05, 0.1) is 11.1 Å². The van der Waals surface area contributed by atoms with Gasteiger partial charge in [-0.1, -0.05) is 84.0 Å². The molecule has 0 unspecified atom stereocenters. The van der Waals surface area contributed by atoms with Crippen molar-refractivity contribution in [1.29, 1.82) is 0 Å². The second-order valence-electron chi connectivity index (χ2n) is 6.04. The molecule has 0 atom stereocenters. The first-order valence-electron chi connectivity index (χ1n) is 8.46. The van der Waals surface area contributed by atoms with E-state index in [1.165, 1.54) is 0 Å². The average Bonchev–Trinajstić information content (AvgIpc) is 3.31. The highest BCUT2D eigenvalue weighted by atomic mass is 16.5. The molecule has 2 heterocycles. The van der Waals surface area contributed by atoms with Gasteiger partial charge in [0.25, 0.3) is 5.71 Å². The molecule has 0 aliphatic heterocycles. The molecule has 0 aliphatic carbocycles. The number of nitrogens with zero attached hydrogens (tertiary/aromatic N) is 3. The van der Waals surface area contributed by atoms with Gasteiger partial charge in [-0.05, 0) is 12.1 Å². The van der Waals surface area contributed by atoms with Crippen LogP contribution in [0.15, 0.2) is 95.5 Å². The summed E-state index contributed by atoms with van der Waals surface area (Å²) in [6.45, 7) is 0. The monoisotopic (exact) mass is 337 g/mol. The van der Waals surface area contributed by atoms with E-state index in [-0.39, 0.29) is 0 Å². The molecule has 0 N–H and O–H groups in total. The Labute approximate surface area is 150 Å². The molecule has 4 nitrogen and oxygen atoms in total. The number of rotatable bonds is 3. The Balaban J connectivity index is 1.83. The van der Waals surface area contributed by atoms with E-state index in [4.69, 9.17) is 9.62 Å². The SMILES string of the molecule is c1ccc(-c2noc3c2c(-c2ccccc2)nn3-c2ccccc2)cc1. The van der Waals surface area contributed by atoms with E-state index in [9.17, 15) is 0 Å². The summed E-state index contributed by atoms with van der Waals surface area (Å²) in [4.78, 5) is 0. The van der Waals surface area contributed by atoms with Crippen LogP contribution in [0.3, 0.4) is 0 Å². The second kappa shape index (κ2) is 6.01. The molecular weight excluding hydrogens is 322 g/mol. The molecule has 5 aromatic rings. The first kappa shape index (κ1) is 14.7. The first-order valence-corrected chi connectivity index (χ1v) is 8.46. The van der Waals surface area contributed by atoms with Crippen molar-refractivity contribution in [2.45, 2.75) is 0 Å². The highest BCUT2D eigenvalue weighted by Gasteiger charge is 2.22. The van der Waals surface area contributed by atoms with Gasteiger partial charge in [0.15, 0.2) is 0 Å². The van der Waals surface area contributed by atoms with Crippen LogP contribution in [0.4, 0.5) is 0 Å². The van der Waals surface area contributed by atoms with Gasteiger partial charge in [0, 0.05) is 11.1 Å². The summed E-state index contributed by atoms with van der Waals surface area (Å²) in [5.74, 6) is 0. The van der Waals surface area contributed by atoms with E-state index in [1.54, 1.807) is 0 Å². The van der Waals surface area contributed by atoms with Crippen LogP contribution in [0.5, 0.6) is 0 Å². The lowest BCUT2D eigenvalue weighted by Crippen LogP contribution is -1.95. The molecule has 0 aliphatic rings. The van der Waals surface area contributed by atoms with Crippen LogP contribution >= 0.6 is 0 Å². The lowest BCUT2D eigenvalue weighted by atomic mass is 10.0. The topological polar surface area (TPSA) is 43.9 Å². The quantitative estimate of drug-likeness (QED) is 0.446. The molecule has 0 spiro atoms. The molecule has 5 rings (SSSR count). The third-order valence-corrected chi connectivity index (χ3v) is 4.40. The first-order chi connectivity index (χ1) is 12.9. The fraction of sp³-hybridized carbons (Fsp3) is 0. The lowest BCUT2D eigenvalue weighted by molar-refractivity contribution is 0.442. The predicted octanol–water partition coefficient (Wildman–Crippen LogP) is 5.35. The van der Waals surface area contributed by atoms with Gasteiger partial charge in [0.2, 0.25) is 0 Å². The highest BCUT2D eigenvalue weighted by Crippen LogP contribution is 2.36. The van der Waals surface area contributed by atoms with Gasteiger partial charge >= 0.3 is 0 Å². The minimum absolute atomic E-state index is 0.647. The molecule has 4 heteroatoms. The standard InChI is InChI=1S/C22H15N3O/c1-4-10-16(11-5-1)20-19-21(17-12-6-2-7-13-17)24-26-22(19)25(23-20)18-14-8-3-9-15-18/h1-15H. The van der Waals surface area contributed by atoms with Gasteiger partial charge in [-0.25, -0.2) is 0 Å². The zero-order valence-electron chi connectivity index (χ0n) is 13.9. The number of para-hydroxylation sites is 1. The zero-order chi connectivity index (χ0) is 17.3. The number of hydrogen-bond donors (Lipinski definition) is 0. The number of hydrogen-bond acceptors (Lipinski definition) is 3. The van der Waals surface area contributed by atoms with Gasteiger partial charge in [-0.15, -0.1) is 0 Å². The van der Waals surface area contributed by atoms with Gasteiger partial charge in [0.1, 0.15) is 11.4 Å². The minimum Gasteiger partial charge on any atom is -0.335 e. The Morgan fingerprint density at radius 1 is 0.615 bits per heavy atom. The van der Waals surface area contributed by atoms with Crippen LogP contribution in [-0.2, 0) is 0 Å². The summed E-state index contributed by atoms with van der Waals surface area (Å²) in [5, 5.41) is 10.1. The van der Waals surface area contributed by atoms with Gasteiger partial charge in [-0.2, -0.15) is 9.78 Å². The van der Waals surface area contributed by atoms with Crippen molar-refractivity contribution in [3.05, 3.63) is 91.0 Å².